The highest BCUT2D eigenvalue weighted by molar-refractivity contribution is 9.09. The van der Waals surface area contributed by atoms with Crippen molar-refractivity contribution in [2.75, 3.05) is 5.33 Å². The molecule has 80 valence electrons. The van der Waals surface area contributed by atoms with Crippen molar-refractivity contribution in [1.29, 1.82) is 0 Å². The number of rotatable bonds is 3. The Hall–Kier alpha value is -0.960. The number of hydrogen-bond donors (Lipinski definition) is 0. The summed E-state index contributed by atoms with van der Waals surface area (Å²) < 4.78 is 0. The van der Waals surface area contributed by atoms with Gasteiger partial charge in [0.2, 0.25) is 11.6 Å². The van der Waals surface area contributed by atoms with E-state index in [1.54, 1.807) is 6.07 Å². The molecule has 0 aliphatic heterocycles. The molecule has 0 fully saturated rings. The minimum Gasteiger partial charge on any atom is -0.290 e. The molecule has 0 radical (unpaired) electrons. The van der Waals surface area contributed by atoms with Crippen LogP contribution >= 0.6 is 15.9 Å². The van der Waals surface area contributed by atoms with Crippen LogP contribution in [0.1, 0.15) is 27.0 Å². The van der Waals surface area contributed by atoms with E-state index < -0.39 is 11.6 Å². The van der Waals surface area contributed by atoms with E-state index in [-0.39, 0.29) is 5.33 Å². The summed E-state index contributed by atoms with van der Waals surface area (Å²) in [5, 5.41) is 0.0815. The van der Waals surface area contributed by atoms with Gasteiger partial charge in [-0.2, -0.15) is 0 Å². The monoisotopic (exact) mass is 268 g/mol. The summed E-state index contributed by atoms with van der Waals surface area (Å²) in [4.78, 5) is 22.9. The average molecular weight is 269 g/mol. The lowest BCUT2D eigenvalue weighted by Crippen LogP contribution is -2.16. The summed E-state index contributed by atoms with van der Waals surface area (Å²) in [5.74, 6) is -0.811. The Morgan fingerprint density at radius 1 is 1.07 bits per heavy atom. The van der Waals surface area contributed by atoms with Gasteiger partial charge < -0.3 is 0 Å². The zero-order valence-corrected chi connectivity index (χ0v) is 10.6. The van der Waals surface area contributed by atoms with Gasteiger partial charge in [-0.25, -0.2) is 0 Å². The molecule has 0 saturated heterocycles. The molecule has 2 nitrogen and oxygen atoms in total. The molecule has 1 aromatic carbocycles. The average Bonchev–Trinajstić information content (AvgIpc) is 2.21. The van der Waals surface area contributed by atoms with E-state index in [4.69, 9.17) is 0 Å². The van der Waals surface area contributed by atoms with Gasteiger partial charge in [0.1, 0.15) is 0 Å². The van der Waals surface area contributed by atoms with Gasteiger partial charge in [0.15, 0.2) is 0 Å². The normalized spacial score (nSPS) is 10.1. The van der Waals surface area contributed by atoms with Gasteiger partial charge in [-0.1, -0.05) is 22.0 Å². The molecule has 0 unspecified atom stereocenters. The third kappa shape index (κ3) is 2.53. The molecule has 0 saturated carbocycles. The van der Waals surface area contributed by atoms with Crippen LogP contribution in [0.25, 0.3) is 0 Å². The smallest absolute Gasteiger partial charge is 0.229 e. The molecular weight excluding hydrogens is 256 g/mol. The Morgan fingerprint density at radius 2 is 1.60 bits per heavy atom. The standard InChI is InChI=1S/C12H13BrO2/c1-7-4-9(3)10(5-8(7)2)12(15)11(14)6-13/h4-5H,6H2,1-3H3. The molecule has 0 spiro atoms. The number of aryl methyl sites for hydroxylation is 3. The zero-order chi connectivity index (χ0) is 11.6. The van der Waals surface area contributed by atoms with Crippen LogP contribution in [-0.2, 0) is 4.79 Å². The van der Waals surface area contributed by atoms with Crippen molar-refractivity contribution in [2.24, 2.45) is 0 Å². The molecule has 1 aromatic rings. The van der Waals surface area contributed by atoms with E-state index in [2.05, 4.69) is 15.9 Å². The lowest BCUT2D eigenvalue weighted by atomic mass is 9.97. The van der Waals surface area contributed by atoms with Crippen LogP contribution in [0.3, 0.4) is 0 Å². The maximum absolute atomic E-state index is 11.7. The molecule has 3 heteroatoms. The Balaban J connectivity index is 3.21. The predicted molar refractivity (Wildman–Crippen MR) is 63.8 cm³/mol. The van der Waals surface area contributed by atoms with E-state index in [0.29, 0.717) is 5.56 Å². The molecule has 0 atom stereocenters. The molecule has 0 aliphatic carbocycles. The Kier molecular flexibility index (Phi) is 3.80. The first kappa shape index (κ1) is 12.1. The molecule has 0 aliphatic rings. The van der Waals surface area contributed by atoms with Crippen LogP contribution in [0.4, 0.5) is 0 Å². The van der Waals surface area contributed by atoms with Gasteiger partial charge in [0.05, 0.1) is 5.33 Å². The van der Waals surface area contributed by atoms with Crippen molar-refractivity contribution in [2.45, 2.75) is 20.8 Å². The van der Waals surface area contributed by atoms with Gasteiger partial charge in [0.25, 0.3) is 0 Å². The Bertz CT molecular complexity index is 422. The summed E-state index contributed by atoms with van der Waals surface area (Å²) in [6, 6.07) is 3.72. The van der Waals surface area contributed by atoms with Crippen LogP contribution in [0.15, 0.2) is 12.1 Å². The van der Waals surface area contributed by atoms with Crippen molar-refractivity contribution < 1.29 is 9.59 Å². The SMILES string of the molecule is Cc1cc(C)c(C(=O)C(=O)CBr)cc1C. The Morgan fingerprint density at radius 3 is 2.13 bits per heavy atom. The summed E-state index contributed by atoms with van der Waals surface area (Å²) in [7, 11) is 0. The number of ketones is 2. The van der Waals surface area contributed by atoms with E-state index in [1.807, 2.05) is 26.8 Å². The van der Waals surface area contributed by atoms with Crippen LogP contribution in [0.5, 0.6) is 0 Å². The lowest BCUT2D eigenvalue weighted by Gasteiger charge is -2.07. The maximum atomic E-state index is 11.7. The highest BCUT2D eigenvalue weighted by atomic mass is 79.9. The fourth-order valence-electron chi connectivity index (χ4n) is 1.42. The number of carbonyl (C=O) groups excluding carboxylic acids is 2. The molecule has 0 aromatic heterocycles. The van der Waals surface area contributed by atoms with Gasteiger partial charge in [-0.3, -0.25) is 9.59 Å². The van der Waals surface area contributed by atoms with E-state index >= 15 is 0 Å². The second-order valence-corrected chi connectivity index (χ2v) is 4.20. The summed E-state index contributed by atoms with van der Waals surface area (Å²) in [6.45, 7) is 5.77. The highest BCUT2D eigenvalue weighted by Crippen LogP contribution is 2.16. The van der Waals surface area contributed by atoms with E-state index in [0.717, 1.165) is 16.7 Å². The van der Waals surface area contributed by atoms with E-state index in [9.17, 15) is 9.59 Å². The second kappa shape index (κ2) is 4.71. The maximum Gasteiger partial charge on any atom is 0.229 e. The minimum absolute atomic E-state index is 0.0815. The van der Waals surface area contributed by atoms with Gasteiger partial charge >= 0.3 is 0 Å². The predicted octanol–water partition coefficient (Wildman–Crippen LogP) is 2.76. The third-order valence-electron chi connectivity index (χ3n) is 2.46. The van der Waals surface area contributed by atoms with Crippen molar-refractivity contribution in [3.05, 3.63) is 34.4 Å². The van der Waals surface area contributed by atoms with Gasteiger partial charge in [-0.05, 0) is 43.5 Å². The molecule has 0 bridgehead atoms. The van der Waals surface area contributed by atoms with Crippen LogP contribution in [0, 0.1) is 20.8 Å². The third-order valence-corrected chi connectivity index (χ3v) is 2.97. The zero-order valence-electron chi connectivity index (χ0n) is 9.06. The number of Topliss-reactive ketones (excluding diaryl/α,β-unsaturated/α-hetero) is 2. The van der Waals surface area contributed by atoms with Gasteiger partial charge in [0, 0.05) is 5.56 Å². The molecular formula is C12H13BrO2. The number of carbonyl (C=O) groups is 2. The van der Waals surface area contributed by atoms with Crippen molar-refractivity contribution >= 4 is 27.5 Å². The highest BCUT2D eigenvalue weighted by Gasteiger charge is 2.17. The summed E-state index contributed by atoms with van der Waals surface area (Å²) >= 11 is 3.00. The second-order valence-electron chi connectivity index (χ2n) is 3.64. The first-order valence-electron chi connectivity index (χ1n) is 4.68. The van der Waals surface area contributed by atoms with Crippen molar-refractivity contribution in [3.63, 3.8) is 0 Å². The van der Waals surface area contributed by atoms with Gasteiger partial charge in [-0.15, -0.1) is 0 Å². The molecule has 15 heavy (non-hydrogen) atoms. The number of benzene rings is 1. The minimum atomic E-state index is -0.410. The summed E-state index contributed by atoms with van der Waals surface area (Å²) in [5.41, 5.74) is 3.54. The largest absolute Gasteiger partial charge is 0.290 e. The Labute approximate surface area is 97.8 Å². The van der Waals surface area contributed by atoms with Crippen LogP contribution < -0.4 is 0 Å². The molecule has 0 amide bonds. The fourth-order valence-corrected chi connectivity index (χ4v) is 1.67. The van der Waals surface area contributed by atoms with Crippen molar-refractivity contribution in [3.8, 4) is 0 Å². The van der Waals surface area contributed by atoms with Crippen molar-refractivity contribution in [1.82, 2.24) is 0 Å². The molecule has 0 N–H and O–H groups in total. The molecule has 1 rings (SSSR count). The first-order chi connectivity index (χ1) is 6.97. The quantitative estimate of drug-likeness (QED) is 0.480. The molecule has 0 heterocycles. The fraction of sp³-hybridized carbons (Fsp3) is 0.333. The number of hydrogen-bond acceptors (Lipinski definition) is 2. The van der Waals surface area contributed by atoms with Crippen LogP contribution in [-0.4, -0.2) is 16.9 Å². The van der Waals surface area contributed by atoms with Crippen LogP contribution in [0.2, 0.25) is 0 Å². The summed E-state index contributed by atoms with van der Waals surface area (Å²) in [6.07, 6.45) is 0. The first-order valence-corrected chi connectivity index (χ1v) is 5.81. The number of halogens is 1. The topological polar surface area (TPSA) is 34.1 Å². The van der Waals surface area contributed by atoms with E-state index in [1.165, 1.54) is 0 Å². The lowest BCUT2D eigenvalue weighted by molar-refractivity contribution is -0.112. The number of alkyl halides is 1.